The first-order chi connectivity index (χ1) is 9.12. The van der Waals surface area contributed by atoms with Crippen LogP contribution in [0.5, 0.6) is 0 Å². The quantitative estimate of drug-likeness (QED) is 0.813. The number of rotatable bonds is 6. The van der Waals surface area contributed by atoms with Gasteiger partial charge in [0, 0.05) is 19.1 Å². The lowest BCUT2D eigenvalue weighted by molar-refractivity contribution is 0.280. The van der Waals surface area contributed by atoms with Crippen LogP contribution in [-0.2, 0) is 10.0 Å². The van der Waals surface area contributed by atoms with Crippen molar-refractivity contribution in [3.63, 3.8) is 0 Å². The van der Waals surface area contributed by atoms with Crippen molar-refractivity contribution in [1.29, 1.82) is 0 Å². The summed E-state index contributed by atoms with van der Waals surface area (Å²) >= 11 is 0. The molecular formula is C14H28N2O2S. The summed E-state index contributed by atoms with van der Waals surface area (Å²) in [6, 6.07) is 0.522. The van der Waals surface area contributed by atoms with Crippen LogP contribution < -0.4 is 5.32 Å². The normalized spacial score (nSPS) is 24.1. The Bertz CT molecular complexity index is 356. The molecule has 1 aliphatic carbocycles. The average molecular weight is 288 g/mol. The van der Waals surface area contributed by atoms with Gasteiger partial charge in [0.1, 0.15) is 0 Å². The zero-order chi connectivity index (χ0) is 13.7. The summed E-state index contributed by atoms with van der Waals surface area (Å²) < 4.78 is 25.6. The molecule has 1 heterocycles. The molecule has 0 aromatic carbocycles. The molecule has 19 heavy (non-hydrogen) atoms. The van der Waals surface area contributed by atoms with Crippen molar-refractivity contribution in [3.8, 4) is 0 Å². The van der Waals surface area contributed by atoms with Gasteiger partial charge in [-0.1, -0.05) is 19.8 Å². The predicted molar refractivity (Wildman–Crippen MR) is 78.6 cm³/mol. The molecule has 5 heteroatoms. The Balaban J connectivity index is 1.70. The third-order valence-corrected chi connectivity index (χ3v) is 6.56. The lowest BCUT2D eigenvalue weighted by atomic mass is 10.0. The van der Waals surface area contributed by atoms with Crippen LogP contribution in [0.2, 0.25) is 0 Å². The molecule has 1 saturated heterocycles. The minimum Gasteiger partial charge on any atom is -0.314 e. The van der Waals surface area contributed by atoms with Gasteiger partial charge < -0.3 is 5.32 Å². The second-order valence-electron chi connectivity index (χ2n) is 6.05. The van der Waals surface area contributed by atoms with Crippen LogP contribution in [0.25, 0.3) is 0 Å². The standard InChI is InChI=1S/C14H28N2O2S/c1-2-11-19(17,18)16-9-7-14(8-10-16)15-12-13-5-3-4-6-13/h13-15H,2-12H2,1H3. The highest BCUT2D eigenvalue weighted by Crippen LogP contribution is 2.24. The topological polar surface area (TPSA) is 49.4 Å². The molecule has 1 aliphatic heterocycles. The maximum absolute atomic E-state index is 12.0. The Morgan fingerprint density at radius 2 is 1.74 bits per heavy atom. The van der Waals surface area contributed by atoms with E-state index < -0.39 is 10.0 Å². The summed E-state index contributed by atoms with van der Waals surface area (Å²) in [6.45, 7) is 4.45. The van der Waals surface area contributed by atoms with Gasteiger partial charge in [-0.25, -0.2) is 12.7 Å². The Morgan fingerprint density at radius 3 is 2.32 bits per heavy atom. The summed E-state index contributed by atoms with van der Waals surface area (Å²) in [5, 5.41) is 3.65. The first-order valence-corrected chi connectivity index (χ1v) is 9.44. The maximum atomic E-state index is 12.0. The van der Waals surface area contributed by atoms with E-state index in [-0.39, 0.29) is 0 Å². The van der Waals surface area contributed by atoms with E-state index in [0.29, 0.717) is 31.3 Å². The molecule has 1 N–H and O–H groups in total. The summed E-state index contributed by atoms with van der Waals surface area (Å²) in [5.74, 6) is 1.16. The van der Waals surface area contributed by atoms with E-state index in [2.05, 4.69) is 5.32 Å². The Labute approximate surface area is 118 Å². The number of sulfonamides is 1. The molecule has 2 rings (SSSR count). The molecule has 0 atom stereocenters. The molecule has 0 amide bonds. The molecule has 0 bridgehead atoms. The summed E-state index contributed by atoms with van der Waals surface area (Å²) in [7, 11) is -2.98. The second kappa shape index (κ2) is 7.04. The first-order valence-electron chi connectivity index (χ1n) is 7.83. The van der Waals surface area contributed by atoms with Crippen LogP contribution in [0, 0.1) is 5.92 Å². The Kier molecular flexibility index (Phi) is 5.66. The fourth-order valence-electron chi connectivity index (χ4n) is 3.27. The van der Waals surface area contributed by atoms with Gasteiger partial charge in [0.25, 0.3) is 0 Å². The Morgan fingerprint density at radius 1 is 1.11 bits per heavy atom. The molecule has 0 aromatic heterocycles. The molecule has 2 fully saturated rings. The molecule has 4 nitrogen and oxygen atoms in total. The van der Waals surface area contributed by atoms with E-state index in [1.54, 1.807) is 4.31 Å². The fraction of sp³-hybridized carbons (Fsp3) is 1.00. The highest BCUT2D eigenvalue weighted by molar-refractivity contribution is 7.89. The minimum atomic E-state index is -2.98. The number of hydrogen-bond donors (Lipinski definition) is 1. The van der Waals surface area contributed by atoms with E-state index in [9.17, 15) is 8.42 Å². The highest BCUT2D eigenvalue weighted by atomic mass is 32.2. The van der Waals surface area contributed by atoms with Gasteiger partial charge in [0.15, 0.2) is 0 Å². The molecule has 0 radical (unpaired) electrons. The van der Waals surface area contributed by atoms with Crippen LogP contribution >= 0.6 is 0 Å². The Hall–Kier alpha value is -0.130. The molecule has 2 aliphatic rings. The van der Waals surface area contributed by atoms with E-state index >= 15 is 0 Å². The van der Waals surface area contributed by atoms with Gasteiger partial charge in [0.05, 0.1) is 5.75 Å². The predicted octanol–water partition coefficient (Wildman–Crippen LogP) is 1.97. The molecule has 112 valence electrons. The van der Waals surface area contributed by atoms with E-state index in [0.717, 1.165) is 25.3 Å². The number of nitrogens with one attached hydrogen (secondary N) is 1. The number of nitrogens with zero attached hydrogens (tertiary/aromatic N) is 1. The van der Waals surface area contributed by atoms with Crippen molar-refractivity contribution in [2.75, 3.05) is 25.4 Å². The highest BCUT2D eigenvalue weighted by Gasteiger charge is 2.27. The lowest BCUT2D eigenvalue weighted by Crippen LogP contribution is -2.46. The van der Waals surface area contributed by atoms with Crippen molar-refractivity contribution in [2.24, 2.45) is 5.92 Å². The molecular weight excluding hydrogens is 260 g/mol. The summed E-state index contributed by atoms with van der Waals surface area (Å²) in [5.41, 5.74) is 0. The smallest absolute Gasteiger partial charge is 0.214 e. The van der Waals surface area contributed by atoms with Gasteiger partial charge in [-0.05, 0) is 44.6 Å². The largest absolute Gasteiger partial charge is 0.314 e. The monoisotopic (exact) mass is 288 g/mol. The number of hydrogen-bond acceptors (Lipinski definition) is 3. The van der Waals surface area contributed by atoms with Crippen molar-refractivity contribution in [2.45, 2.75) is 57.9 Å². The molecule has 0 unspecified atom stereocenters. The zero-order valence-electron chi connectivity index (χ0n) is 12.1. The van der Waals surface area contributed by atoms with E-state index in [4.69, 9.17) is 0 Å². The van der Waals surface area contributed by atoms with Gasteiger partial charge in [-0.15, -0.1) is 0 Å². The van der Waals surface area contributed by atoms with Crippen molar-refractivity contribution < 1.29 is 8.42 Å². The van der Waals surface area contributed by atoms with Crippen LogP contribution in [-0.4, -0.2) is 44.2 Å². The van der Waals surface area contributed by atoms with Gasteiger partial charge in [0.2, 0.25) is 10.0 Å². The van der Waals surface area contributed by atoms with E-state index in [1.807, 2.05) is 6.92 Å². The molecule has 0 spiro atoms. The third-order valence-electron chi connectivity index (χ3n) is 4.48. The maximum Gasteiger partial charge on any atom is 0.214 e. The molecule has 0 aromatic rings. The van der Waals surface area contributed by atoms with Crippen LogP contribution in [0.3, 0.4) is 0 Å². The third kappa shape index (κ3) is 4.43. The van der Waals surface area contributed by atoms with Crippen molar-refractivity contribution in [1.82, 2.24) is 9.62 Å². The first kappa shape index (κ1) is 15.3. The van der Waals surface area contributed by atoms with Crippen molar-refractivity contribution in [3.05, 3.63) is 0 Å². The number of piperidine rings is 1. The van der Waals surface area contributed by atoms with Crippen molar-refractivity contribution >= 4 is 10.0 Å². The van der Waals surface area contributed by atoms with Gasteiger partial charge in [-0.3, -0.25) is 0 Å². The minimum absolute atomic E-state index is 0.299. The van der Waals surface area contributed by atoms with Crippen LogP contribution in [0.1, 0.15) is 51.9 Å². The van der Waals surface area contributed by atoms with Crippen LogP contribution in [0.15, 0.2) is 0 Å². The fourth-order valence-corrected chi connectivity index (χ4v) is 4.81. The van der Waals surface area contributed by atoms with Gasteiger partial charge >= 0.3 is 0 Å². The van der Waals surface area contributed by atoms with Gasteiger partial charge in [-0.2, -0.15) is 0 Å². The lowest BCUT2D eigenvalue weighted by Gasteiger charge is -2.32. The zero-order valence-corrected chi connectivity index (χ0v) is 12.9. The SMILES string of the molecule is CCCS(=O)(=O)N1CCC(NCC2CCCC2)CC1. The summed E-state index contributed by atoms with van der Waals surface area (Å²) in [4.78, 5) is 0. The molecule has 1 saturated carbocycles. The average Bonchev–Trinajstić information content (AvgIpc) is 2.90. The summed E-state index contributed by atoms with van der Waals surface area (Å²) in [6.07, 6.45) is 8.17. The second-order valence-corrected chi connectivity index (χ2v) is 8.14. The van der Waals surface area contributed by atoms with Crippen LogP contribution in [0.4, 0.5) is 0 Å². The van der Waals surface area contributed by atoms with E-state index in [1.165, 1.54) is 25.7 Å².